The predicted molar refractivity (Wildman–Crippen MR) is 89.0 cm³/mol. The van der Waals surface area contributed by atoms with Crippen molar-refractivity contribution in [2.75, 3.05) is 13.1 Å². The van der Waals surface area contributed by atoms with Crippen LogP contribution in [0.5, 0.6) is 0 Å². The number of likely N-dealkylation sites (tertiary alicyclic amines) is 1. The molecule has 3 fully saturated rings. The smallest absolute Gasteiger partial charge is 0.276 e. The van der Waals surface area contributed by atoms with E-state index in [1.54, 1.807) is 4.68 Å². The Balaban J connectivity index is 1.39. The molecule has 25 heavy (non-hydrogen) atoms. The van der Waals surface area contributed by atoms with E-state index in [1.165, 1.54) is 25.7 Å². The first-order valence-electron chi connectivity index (χ1n) is 9.19. The first-order valence-corrected chi connectivity index (χ1v) is 9.19. The molecule has 8 heteroatoms. The molecule has 1 amide bonds. The highest BCUT2D eigenvalue weighted by molar-refractivity contribution is 5.93. The first kappa shape index (κ1) is 15.0. The van der Waals surface area contributed by atoms with Crippen molar-refractivity contribution in [2.45, 2.75) is 44.4 Å². The minimum atomic E-state index is -0.0133. The second-order valence-electron chi connectivity index (χ2n) is 7.82. The van der Waals surface area contributed by atoms with Crippen molar-refractivity contribution in [2.24, 2.45) is 18.9 Å². The van der Waals surface area contributed by atoms with E-state index in [0.717, 1.165) is 23.9 Å². The molecule has 0 spiro atoms. The van der Waals surface area contributed by atoms with Crippen LogP contribution in [0.2, 0.25) is 0 Å². The molecule has 132 valence electrons. The normalized spacial score (nSPS) is 26.4. The van der Waals surface area contributed by atoms with Crippen LogP contribution in [0, 0.1) is 18.8 Å². The van der Waals surface area contributed by atoms with Gasteiger partial charge in [0, 0.05) is 32.0 Å². The van der Waals surface area contributed by atoms with Gasteiger partial charge in [-0.05, 0) is 44.4 Å². The molecule has 3 aliphatic rings. The Hall–Kier alpha value is -2.25. The van der Waals surface area contributed by atoms with Crippen LogP contribution in [0.3, 0.4) is 0 Å². The molecule has 2 atom stereocenters. The van der Waals surface area contributed by atoms with Crippen LogP contribution in [0.15, 0.2) is 0 Å². The summed E-state index contributed by atoms with van der Waals surface area (Å²) in [6.45, 7) is 3.36. The number of aryl methyl sites for hydroxylation is 1. The number of hydrogen-bond acceptors (Lipinski definition) is 5. The average Bonchev–Trinajstić information content (AvgIpc) is 3.52. The van der Waals surface area contributed by atoms with Crippen LogP contribution >= 0.6 is 0 Å². The summed E-state index contributed by atoms with van der Waals surface area (Å²) in [5, 5.41) is 15.6. The molecule has 2 aromatic heterocycles. The molecule has 2 aromatic rings. The third-order valence-electron chi connectivity index (χ3n) is 6.00. The SMILES string of the molecule is Cc1c(C(=O)N2C[C@H](c3nc(C4CC4)n[nH]3)[C@@H](C3CC3)C2)nnn1C. The van der Waals surface area contributed by atoms with Gasteiger partial charge in [0.25, 0.3) is 5.91 Å². The van der Waals surface area contributed by atoms with Crippen molar-refractivity contribution in [3.63, 3.8) is 0 Å². The van der Waals surface area contributed by atoms with Crippen molar-refractivity contribution in [3.8, 4) is 0 Å². The van der Waals surface area contributed by atoms with Crippen LogP contribution in [-0.4, -0.2) is 54.1 Å². The summed E-state index contributed by atoms with van der Waals surface area (Å²) in [5.41, 5.74) is 1.28. The van der Waals surface area contributed by atoms with Crippen molar-refractivity contribution >= 4 is 5.91 Å². The lowest BCUT2D eigenvalue weighted by molar-refractivity contribution is 0.0778. The molecule has 0 bridgehead atoms. The number of aromatic nitrogens is 6. The van der Waals surface area contributed by atoms with Gasteiger partial charge in [0.1, 0.15) is 5.82 Å². The van der Waals surface area contributed by atoms with Gasteiger partial charge < -0.3 is 4.90 Å². The first-order chi connectivity index (χ1) is 12.1. The zero-order valence-corrected chi connectivity index (χ0v) is 14.6. The second-order valence-corrected chi connectivity index (χ2v) is 7.82. The maximum Gasteiger partial charge on any atom is 0.276 e. The second kappa shape index (κ2) is 5.37. The molecule has 0 aromatic carbocycles. The lowest BCUT2D eigenvalue weighted by Gasteiger charge is -2.15. The Kier molecular flexibility index (Phi) is 3.23. The summed E-state index contributed by atoms with van der Waals surface area (Å²) in [4.78, 5) is 19.6. The van der Waals surface area contributed by atoms with Gasteiger partial charge in [0.2, 0.25) is 0 Å². The number of carbonyl (C=O) groups excluding carboxylic acids is 1. The number of rotatable bonds is 4. The topological polar surface area (TPSA) is 92.6 Å². The van der Waals surface area contributed by atoms with Gasteiger partial charge in [0.15, 0.2) is 11.5 Å². The number of hydrogen-bond donors (Lipinski definition) is 1. The van der Waals surface area contributed by atoms with Crippen molar-refractivity contribution in [3.05, 3.63) is 23.0 Å². The fourth-order valence-electron chi connectivity index (χ4n) is 4.02. The number of amides is 1. The Morgan fingerprint density at radius 1 is 1.20 bits per heavy atom. The van der Waals surface area contributed by atoms with E-state index in [9.17, 15) is 4.79 Å². The number of aromatic amines is 1. The van der Waals surface area contributed by atoms with Gasteiger partial charge >= 0.3 is 0 Å². The highest BCUT2D eigenvalue weighted by atomic mass is 16.2. The monoisotopic (exact) mass is 341 g/mol. The molecule has 1 N–H and O–H groups in total. The van der Waals surface area contributed by atoms with E-state index >= 15 is 0 Å². The van der Waals surface area contributed by atoms with Gasteiger partial charge in [-0.1, -0.05) is 5.21 Å². The van der Waals surface area contributed by atoms with Crippen LogP contribution in [0.1, 0.15) is 65.4 Å². The van der Waals surface area contributed by atoms with E-state index in [1.807, 2.05) is 18.9 Å². The van der Waals surface area contributed by atoms with Crippen molar-refractivity contribution < 1.29 is 4.79 Å². The van der Waals surface area contributed by atoms with Gasteiger partial charge in [-0.2, -0.15) is 5.10 Å². The van der Waals surface area contributed by atoms with E-state index in [0.29, 0.717) is 30.0 Å². The predicted octanol–water partition coefficient (Wildman–Crippen LogP) is 1.38. The molecule has 0 unspecified atom stereocenters. The van der Waals surface area contributed by atoms with Crippen LogP contribution in [0.4, 0.5) is 0 Å². The van der Waals surface area contributed by atoms with Crippen LogP contribution in [-0.2, 0) is 7.05 Å². The lowest BCUT2D eigenvalue weighted by Crippen LogP contribution is -2.30. The Bertz CT molecular complexity index is 817. The Labute approximate surface area is 146 Å². The molecule has 0 radical (unpaired) electrons. The third-order valence-corrected chi connectivity index (χ3v) is 6.00. The largest absolute Gasteiger partial charge is 0.336 e. The quantitative estimate of drug-likeness (QED) is 0.907. The Morgan fingerprint density at radius 2 is 2.00 bits per heavy atom. The standard InChI is InChI=1S/C17H23N7O/c1-9-14(19-22-23(9)2)17(25)24-7-12(10-3-4-10)13(8-24)16-18-15(20-21-16)11-5-6-11/h10-13H,3-8H2,1-2H3,(H,18,20,21)/t12-,13+/m1/s1. The zero-order chi connectivity index (χ0) is 17.1. The summed E-state index contributed by atoms with van der Waals surface area (Å²) >= 11 is 0. The number of carbonyl (C=O) groups is 1. The summed E-state index contributed by atoms with van der Waals surface area (Å²) in [6, 6.07) is 0. The number of nitrogens with zero attached hydrogens (tertiary/aromatic N) is 6. The average molecular weight is 341 g/mol. The molecule has 2 aliphatic carbocycles. The fraction of sp³-hybridized carbons (Fsp3) is 0.706. The Morgan fingerprint density at radius 3 is 2.64 bits per heavy atom. The van der Waals surface area contributed by atoms with E-state index in [4.69, 9.17) is 4.98 Å². The zero-order valence-electron chi connectivity index (χ0n) is 14.6. The molecule has 2 saturated carbocycles. The molecule has 8 nitrogen and oxygen atoms in total. The molecule has 1 aliphatic heterocycles. The van der Waals surface area contributed by atoms with Gasteiger partial charge in [-0.3, -0.25) is 14.6 Å². The lowest BCUT2D eigenvalue weighted by atomic mass is 9.91. The number of nitrogens with one attached hydrogen (secondary N) is 1. The highest BCUT2D eigenvalue weighted by Gasteiger charge is 2.46. The maximum atomic E-state index is 12.9. The summed E-state index contributed by atoms with van der Waals surface area (Å²) in [7, 11) is 1.81. The van der Waals surface area contributed by atoms with E-state index in [2.05, 4.69) is 20.5 Å². The minimum Gasteiger partial charge on any atom is -0.336 e. The van der Waals surface area contributed by atoms with E-state index < -0.39 is 0 Å². The van der Waals surface area contributed by atoms with Gasteiger partial charge in [0.05, 0.1) is 5.69 Å². The molecule has 1 saturated heterocycles. The summed E-state index contributed by atoms with van der Waals surface area (Å²) in [6.07, 6.45) is 4.92. The van der Waals surface area contributed by atoms with E-state index in [-0.39, 0.29) is 11.8 Å². The fourth-order valence-corrected chi connectivity index (χ4v) is 4.02. The molecular weight excluding hydrogens is 318 g/mol. The van der Waals surface area contributed by atoms with Crippen LogP contribution < -0.4 is 0 Å². The number of H-pyrrole nitrogens is 1. The highest BCUT2D eigenvalue weighted by Crippen LogP contribution is 2.47. The third kappa shape index (κ3) is 2.54. The van der Waals surface area contributed by atoms with Crippen LogP contribution in [0.25, 0.3) is 0 Å². The summed E-state index contributed by atoms with van der Waals surface area (Å²) < 4.78 is 1.65. The maximum absolute atomic E-state index is 12.9. The molecule has 3 heterocycles. The van der Waals surface area contributed by atoms with Gasteiger partial charge in [-0.15, -0.1) is 5.10 Å². The summed E-state index contributed by atoms with van der Waals surface area (Å²) in [5.74, 6) is 3.89. The minimum absolute atomic E-state index is 0.0133. The van der Waals surface area contributed by atoms with Gasteiger partial charge in [-0.25, -0.2) is 4.98 Å². The van der Waals surface area contributed by atoms with Crippen molar-refractivity contribution in [1.29, 1.82) is 0 Å². The molecule has 5 rings (SSSR count). The molecular formula is C17H23N7O. The van der Waals surface area contributed by atoms with Crippen molar-refractivity contribution in [1.82, 2.24) is 35.1 Å².